The highest BCUT2D eigenvalue weighted by Crippen LogP contribution is 2.19. The van der Waals surface area contributed by atoms with Crippen LogP contribution in [0.5, 0.6) is 0 Å². The normalized spacial score (nSPS) is 12.4. The molecule has 1 aromatic heterocycles. The molecule has 0 aliphatic heterocycles. The number of urea groups is 1. The summed E-state index contributed by atoms with van der Waals surface area (Å²) in [4.78, 5) is 15.8. The van der Waals surface area contributed by atoms with Crippen molar-refractivity contribution >= 4 is 22.8 Å². The van der Waals surface area contributed by atoms with Crippen molar-refractivity contribution in [1.29, 1.82) is 0 Å². The molecule has 0 aliphatic rings. The van der Waals surface area contributed by atoms with Gasteiger partial charge in [-0.25, -0.2) is 9.78 Å². The average molecular weight is 263 g/mol. The number of hydrogen-bond acceptors (Lipinski definition) is 4. The summed E-state index contributed by atoms with van der Waals surface area (Å²) in [6.07, 6.45) is 0.0992. The fourth-order valence-corrected chi connectivity index (χ4v) is 1.69. The van der Waals surface area contributed by atoms with Crippen LogP contribution in [0.15, 0.2) is 22.6 Å². The van der Waals surface area contributed by atoms with Gasteiger partial charge in [-0.3, -0.25) is 0 Å². The van der Waals surface area contributed by atoms with Crippen molar-refractivity contribution in [2.24, 2.45) is 0 Å². The van der Waals surface area contributed by atoms with Gasteiger partial charge in [0.25, 0.3) is 0 Å². The van der Waals surface area contributed by atoms with Gasteiger partial charge in [0.1, 0.15) is 5.52 Å². The van der Waals surface area contributed by atoms with Gasteiger partial charge in [-0.2, -0.15) is 0 Å². The summed E-state index contributed by atoms with van der Waals surface area (Å²) in [7, 11) is 0. The molecular weight excluding hydrogens is 246 g/mol. The summed E-state index contributed by atoms with van der Waals surface area (Å²) >= 11 is 0. The number of oxazole rings is 1. The minimum Gasteiger partial charge on any atom is -0.441 e. The quantitative estimate of drug-likeness (QED) is 0.787. The number of benzene rings is 1. The fourth-order valence-electron chi connectivity index (χ4n) is 1.69. The van der Waals surface area contributed by atoms with E-state index in [0.717, 1.165) is 5.52 Å². The molecule has 2 rings (SSSR count). The first-order valence-corrected chi connectivity index (χ1v) is 6.14. The van der Waals surface area contributed by atoms with Gasteiger partial charge in [-0.15, -0.1) is 0 Å². The summed E-state index contributed by atoms with van der Waals surface area (Å²) in [5.74, 6) is 0.591. The number of anilines is 1. The zero-order valence-corrected chi connectivity index (χ0v) is 10.9. The van der Waals surface area contributed by atoms with E-state index >= 15 is 0 Å². The Morgan fingerprint density at radius 3 is 3.05 bits per heavy atom. The Balaban J connectivity index is 1.95. The summed E-state index contributed by atoms with van der Waals surface area (Å²) in [5.41, 5.74) is 2.04. The van der Waals surface area contributed by atoms with Gasteiger partial charge < -0.3 is 20.2 Å². The van der Waals surface area contributed by atoms with Gasteiger partial charge in [-0.05, 0) is 25.5 Å². The van der Waals surface area contributed by atoms with E-state index in [1.54, 1.807) is 32.0 Å². The SMILES string of the molecule is Cc1nc2ccc(NC(=O)NCCC(C)O)cc2o1. The number of amides is 2. The number of aryl methyl sites for hydroxylation is 1. The Morgan fingerprint density at radius 2 is 2.32 bits per heavy atom. The Labute approximate surface area is 110 Å². The number of aromatic nitrogens is 1. The Morgan fingerprint density at radius 1 is 1.53 bits per heavy atom. The highest BCUT2D eigenvalue weighted by molar-refractivity contribution is 5.91. The first-order chi connectivity index (χ1) is 9.04. The number of carbonyl (C=O) groups is 1. The zero-order valence-electron chi connectivity index (χ0n) is 10.9. The van der Waals surface area contributed by atoms with Crippen molar-refractivity contribution in [2.75, 3.05) is 11.9 Å². The second-order valence-electron chi connectivity index (χ2n) is 4.43. The van der Waals surface area contributed by atoms with Crippen LogP contribution in [0.3, 0.4) is 0 Å². The van der Waals surface area contributed by atoms with Crippen LogP contribution in [0.4, 0.5) is 10.5 Å². The van der Waals surface area contributed by atoms with Crippen molar-refractivity contribution < 1.29 is 14.3 Å². The van der Waals surface area contributed by atoms with Crippen LogP contribution in [0.2, 0.25) is 0 Å². The van der Waals surface area contributed by atoms with E-state index in [4.69, 9.17) is 9.52 Å². The minimum absolute atomic E-state index is 0.309. The molecule has 0 aliphatic carbocycles. The maximum Gasteiger partial charge on any atom is 0.319 e. The second kappa shape index (κ2) is 5.71. The third-order valence-electron chi connectivity index (χ3n) is 2.60. The standard InChI is InChI=1S/C13H17N3O3/c1-8(17)5-6-14-13(18)16-10-3-4-11-12(7-10)19-9(2)15-11/h3-4,7-8,17H,5-6H2,1-2H3,(H2,14,16,18). The van der Waals surface area contributed by atoms with Crippen LogP contribution < -0.4 is 10.6 Å². The maximum atomic E-state index is 11.6. The number of nitrogens with one attached hydrogen (secondary N) is 2. The number of aliphatic hydroxyl groups excluding tert-OH is 1. The largest absolute Gasteiger partial charge is 0.441 e. The molecule has 0 radical (unpaired) electrons. The lowest BCUT2D eigenvalue weighted by Crippen LogP contribution is -2.30. The number of fused-ring (bicyclic) bond motifs is 1. The van der Waals surface area contributed by atoms with Crippen molar-refractivity contribution in [2.45, 2.75) is 26.4 Å². The highest BCUT2D eigenvalue weighted by atomic mass is 16.3. The Bertz CT molecular complexity index is 578. The van der Waals surface area contributed by atoms with Crippen LogP contribution in [0.25, 0.3) is 11.1 Å². The second-order valence-corrected chi connectivity index (χ2v) is 4.43. The van der Waals surface area contributed by atoms with Crippen LogP contribution in [-0.4, -0.2) is 28.8 Å². The summed E-state index contributed by atoms with van der Waals surface area (Å²) in [6.45, 7) is 3.88. The van der Waals surface area contributed by atoms with E-state index in [0.29, 0.717) is 30.1 Å². The monoisotopic (exact) mass is 263 g/mol. The molecule has 2 aromatic rings. The topological polar surface area (TPSA) is 87.4 Å². The third-order valence-corrected chi connectivity index (χ3v) is 2.60. The molecule has 19 heavy (non-hydrogen) atoms. The van der Waals surface area contributed by atoms with Gasteiger partial charge in [0.05, 0.1) is 6.10 Å². The fraction of sp³-hybridized carbons (Fsp3) is 0.385. The molecular formula is C13H17N3O3. The van der Waals surface area contributed by atoms with Crippen LogP contribution in [0.1, 0.15) is 19.2 Å². The molecule has 102 valence electrons. The van der Waals surface area contributed by atoms with Crippen LogP contribution >= 0.6 is 0 Å². The van der Waals surface area contributed by atoms with Gasteiger partial charge >= 0.3 is 6.03 Å². The molecule has 0 saturated carbocycles. The first-order valence-electron chi connectivity index (χ1n) is 6.14. The van der Waals surface area contributed by atoms with Crippen molar-refractivity contribution in [3.63, 3.8) is 0 Å². The number of rotatable bonds is 4. The van der Waals surface area contributed by atoms with E-state index in [-0.39, 0.29) is 6.03 Å². The minimum atomic E-state index is -0.422. The predicted molar refractivity (Wildman–Crippen MR) is 72.1 cm³/mol. The molecule has 6 nitrogen and oxygen atoms in total. The summed E-state index contributed by atoms with van der Waals surface area (Å²) in [5, 5.41) is 14.4. The van der Waals surface area contributed by atoms with Gasteiger partial charge in [0, 0.05) is 25.2 Å². The predicted octanol–water partition coefficient (Wildman–Crippen LogP) is 2.03. The molecule has 0 bridgehead atoms. The maximum absolute atomic E-state index is 11.6. The van der Waals surface area contributed by atoms with Crippen LogP contribution in [0, 0.1) is 6.92 Å². The first kappa shape index (κ1) is 13.4. The van der Waals surface area contributed by atoms with Gasteiger partial charge in [0.2, 0.25) is 0 Å². The molecule has 1 unspecified atom stereocenters. The lowest BCUT2D eigenvalue weighted by Gasteiger charge is -2.08. The summed E-state index contributed by atoms with van der Waals surface area (Å²) in [6, 6.07) is 4.97. The lowest BCUT2D eigenvalue weighted by atomic mass is 10.3. The number of aliphatic hydroxyl groups is 1. The van der Waals surface area contributed by atoms with Crippen molar-refractivity contribution in [3.8, 4) is 0 Å². The van der Waals surface area contributed by atoms with Crippen LogP contribution in [-0.2, 0) is 0 Å². The van der Waals surface area contributed by atoms with E-state index in [1.807, 2.05) is 0 Å². The van der Waals surface area contributed by atoms with Crippen molar-refractivity contribution in [1.82, 2.24) is 10.3 Å². The number of nitrogens with zero attached hydrogens (tertiary/aromatic N) is 1. The molecule has 0 spiro atoms. The average Bonchev–Trinajstić information content (AvgIpc) is 2.67. The van der Waals surface area contributed by atoms with Gasteiger partial charge in [0.15, 0.2) is 11.5 Å². The van der Waals surface area contributed by atoms with Crippen molar-refractivity contribution in [3.05, 3.63) is 24.1 Å². The smallest absolute Gasteiger partial charge is 0.319 e. The molecule has 0 saturated heterocycles. The number of hydrogen-bond donors (Lipinski definition) is 3. The van der Waals surface area contributed by atoms with E-state index in [1.165, 1.54) is 0 Å². The molecule has 3 N–H and O–H groups in total. The Hall–Kier alpha value is -2.08. The third kappa shape index (κ3) is 3.69. The molecule has 1 atom stereocenters. The zero-order chi connectivity index (χ0) is 13.8. The molecule has 1 aromatic carbocycles. The number of carbonyl (C=O) groups excluding carboxylic acids is 1. The highest BCUT2D eigenvalue weighted by Gasteiger charge is 2.06. The summed E-state index contributed by atoms with van der Waals surface area (Å²) < 4.78 is 5.39. The van der Waals surface area contributed by atoms with E-state index in [9.17, 15) is 4.79 Å². The van der Waals surface area contributed by atoms with Gasteiger partial charge in [-0.1, -0.05) is 0 Å². The molecule has 6 heteroatoms. The molecule has 0 fully saturated rings. The molecule has 2 amide bonds. The lowest BCUT2D eigenvalue weighted by molar-refractivity contribution is 0.184. The van der Waals surface area contributed by atoms with E-state index < -0.39 is 6.10 Å². The van der Waals surface area contributed by atoms with E-state index in [2.05, 4.69) is 15.6 Å². The Kier molecular flexibility index (Phi) is 4.01. The molecule has 1 heterocycles.